The molecule has 1 aromatic carbocycles. The smallest absolute Gasteiger partial charge is 0.284 e. The Balaban J connectivity index is 2.52. The van der Waals surface area contributed by atoms with Gasteiger partial charge < -0.3 is 10.1 Å². The van der Waals surface area contributed by atoms with Crippen LogP contribution in [0.15, 0.2) is 18.2 Å². The maximum Gasteiger partial charge on any atom is 0.284 e. The third kappa shape index (κ3) is 3.34. The highest BCUT2D eigenvalue weighted by molar-refractivity contribution is 6.23. The van der Waals surface area contributed by atoms with Gasteiger partial charge in [-0.05, 0) is 24.1 Å². The Morgan fingerprint density at radius 2 is 2.31 bits per heavy atom. The highest BCUT2D eigenvalue weighted by Crippen LogP contribution is 2.17. The van der Waals surface area contributed by atoms with E-state index in [1.807, 2.05) is 0 Å². The molecule has 5 heteroatoms. The number of carbonyl (C=O) groups is 2. The van der Waals surface area contributed by atoms with Crippen LogP contribution >= 0.6 is 0 Å². The number of ether oxygens (including phenoxy) is 1. The van der Waals surface area contributed by atoms with Crippen LogP contribution in [0, 0.1) is 5.82 Å². The summed E-state index contributed by atoms with van der Waals surface area (Å²) < 4.78 is 18.0. The second kappa shape index (κ2) is 5.85. The van der Waals surface area contributed by atoms with Crippen molar-refractivity contribution in [1.82, 2.24) is 5.32 Å². The first-order chi connectivity index (χ1) is 7.67. The first kappa shape index (κ1) is 12.2. The summed E-state index contributed by atoms with van der Waals surface area (Å²) in [5.74, 6) is -0.934. The molecule has 0 heterocycles. The van der Waals surface area contributed by atoms with Gasteiger partial charge in [-0.25, -0.2) is 4.39 Å². The number of halogens is 1. The number of carbonyl (C=O) groups excluding carboxylic acids is 2. The first-order valence-corrected chi connectivity index (χ1v) is 4.72. The van der Waals surface area contributed by atoms with Gasteiger partial charge in [-0.15, -0.1) is 0 Å². The van der Waals surface area contributed by atoms with Crippen molar-refractivity contribution >= 4 is 12.2 Å². The maximum absolute atomic E-state index is 13.2. The number of methoxy groups -OCH3 is 1. The third-order valence-electron chi connectivity index (χ3n) is 2.04. The molecular weight excluding hydrogens is 213 g/mol. The third-order valence-corrected chi connectivity index (χ3v) is 2.04. The van der Waals surface area contributed by atoms with Gasteiger partial charge in [0.25, 0.3) is 5.91 Å². The van der Waals surface area contributed by atoms with Crippen LogP contribution in [0.5, 0.6) is 5.75 Å². The lowest BCUT2D eigenvalue weighted by Crippen LogP contribution is -2.26. The zero-order chi connectivity index (χ0) is 12.0. The minimum absolute atomic E-state index is 0.181. The monoisotopic (exact) mass is 225 g/mol. The molecule has 86 valence electrons. The molecule has 0 radical (unpaired) electrons. The second-order valence-electron chi connectivity index (χ2n) is 3.13. The SMILES string of the molecule is COc1ccc(CCNC(=O)C=O)cc1F. The van der Waals surface area contributed by atoms with Crippen LogP contribution in [-0.2, 0) is 16.0 Å². The average molecular weight is 225 g/mol. The van der Waals surface area contributed by atoms with Gasteiger partial charge in [-0.3, -0.25) is 9.59 Å². The summed E-state index contributed by atoms with van der Waals surface area (Å²) >= 11 is 0. The fourth-order valence-electron chi connectivity index (χ4n) is 1.24. The number of hydrogen-bond acceptors (Lipinski definition) is 3. The van der Waals surface area contributed by atoms with Crippen molar-refractivity contribution < 1.29 is 18.7 Å². The van der Waals surface area contributed by atoms with Crippen LogP contribution in [0.4, 0.5) is 4.39 Å². The van der Waals surface area contributed by atoms with Gasteiger partial charge >= 0.3 is 0 Å². The van der Waals surface area contributed by atoms with E-state index in [0.29, 0.717) is 13.0 Å². The Hall–Kier alpha value is -1.91. The molecule has 0 spiro atoms. The molecule has 0 aliphatic carbocycles. The first-order valence-electron chi connectivity index (χ1n) is 4.72. The fourth-order valence-corrected chi connectivity index (χ4v) is 1.24. The second-order valence-corrected chi connectivity index (χ2v) is 3.13. The minimum atomic E-state index is -0.672. The molecule has 1 aromatic rings. The van der Waals surface area contributed by atoms with E-state index in [0.717, 1.165) is 5.56 Å². The van der Waals surface area contributed by atoms with Crippen molar-refractivity contribution in [3.05, 3.63) is 29.6 Å². The molecule has 16 heavy (non-hydrogen) atoms. The summed E-state index contributed by atoms with van der Waals surface area (Å²) in [6, 6.07) is 4.56. The highest BCUT2D eigenvalue weighted by Gasteiger charge is 2.03. The molecule has 0 unspecified atom stereocenters. The summed E-state index contributed by atoms with van der Waals surface area (Å²) in [5, 5.41) is 2.37. The van der Waals surface area contributed by atoms with Crippen LogP contribution in [0.25, 0.3) is 0 Å². The molecular formula is C11H12FNO3. The molecule has 4 nitrogen and oxygen atoms in total. The van der Waals surface area contributed by atoms with E-state index in [9.17, 15) is 14.0 Å². The zero-order valence-corrected chi connectivity index (χ0v) is 8.83. The molecule has 0 aromatic heterocycles. The van der Waals surface area contributed by atoms with E-state index in [1.54, 1.807) is 6.07 Å². The number of rotatable bonds is 5. The van der Waals surface area contributed by atoms with Crippen LogP contribution in [0.1, 0.15) is 5.56 Å². The molecule has 1 rings (SSSR count). The van der Waals surface area contributed by atoms with Gasteiger partial charge in [0.15, 0.2) is 11.6 Å². The van der Waals surface area contributed by atoms with E-state index < -0.39 is 11.7 Å². The Labute approximate surface area is 92.4 Å². The van der Waals surface area contributed by atoms with Crippen molar-refractivity contribution in [3.8, 4) is 5.75 Å². The van der Waals surface area contributed by atoms with Gasteiger partial charge in [0, 0.05) is 6.54 Å². The number of amides is 1. The molecule has 0 saturated carbocycles. The zero-order valence-electron chi connectivity index (χ0n) is 8.83. The van der Waals surface area contributed by atoms with Crippen molar-refractivity contribution in [2.45, 2.75) is 6.42 Å². The Bertz CT molecular complexity index is 393. The Morgan fingerprint density at radius 3 is 2.88 bits per heavy atom. The van der Waals surface area contributed by atoms with Crippen molar-refractivity contribution in [1.29, 1.82) is 0 Å². The predicted molar refractivity (Wildman–Crippen MR) is 55.7 cm³/mol. The highest BCUT2D eigenvalue weighted by atomic mass is 19.1. The predicted octanol–water partition coefficient (Wildman–Crippen LogP) is 0.692. The number of hydrogen-bond donors (Lipinski definition) is 1. The van der Waals surface area contributed by atoms with Crippen LogP contribution in [0.2, 0.25) is 0 Å². The summed E-state index contributed by atoms with van der Waals surface area (Å²) in [6.45, 7) is 0.295. The molecule has 0 bridgehead atoms. The summed E-state index contributed by atoms with van der Waals surface area (Å²) in [6.07, 6.45) is 0.662. The number of benzene rings is 1. The molecule has 0 fully saturated rings. The lowest BCUT2D eigenvalue weighted by molar-refractivity contribution is -0.131. The molecule has 0 saturated heterocycles. The summed E-state index contributed by atoms with van der Waals surface area (Å²) in [5.41, 5.74) is 0.726. The molecule has 0 atom stereocenters. The van der Waals surface area contributed by atoms with E-state index in [2.05, 4.69) is 5.32 Å². The summed E-state index contributed by atoms with van der Waals surface area (Å²) in [4.78, 5) is 20.6. The Morgan fingerprint density at radius 1 is 1.56 bits per heavy atom. The molecule has 1 amide bonds. The van der Waals surface area contributed by atoms with Crippen LogP contribution in [0.3, 0.4) is 0 Å². The van der Waals surface area contributed by atoms with Gasteiger partial charge in [0.1, 0.15) is 0 Å². The lowest BCUT2D eigenvalue weighted by Gasteiger charge is -2.05. The van der Waals surface area contributed by atoms with Gasteiger partial charge in [-0.2, -0.15) is 0 Å². The van der Waals surface area contributed by atoms with Crippen LogP contribution < -0.4 is 10.1 Å². The van der Waals surface area contributed by atoms with E-state index >= 15 is 0 Å². The van der Waals surface area contributed by atoms with Crippen molar-refractivity contribution in [3.63, 3.8) is 0 Å². The van der Waals surface area contributed by atoms with Gasteiger partial charge in [-0.1, -0.05) is 6.07 Å². The minimum Gasteiger partial charge on any atom is -0.494 e. The maximum atomic E-state index is 13.2. The van der Waals surface area contributed by atoms with Crippen molar-refractivity contribution in [2.75, 3.05) is 13.7 Å². The largest absolute Gasteiger partial charge is 0.494 e. The standard InChI is InChI=1S/C11H12FNO3/c1-16-10-3-2-8(6-9(10)12)4-5-13-11(15)7-14/h2-3,6-7H,4-5H2,1H3,(H,13,15). The quantitative estimate of drug-likeness (QED) is 0.592. The van der Waals surface area contributed by atoms with Gasteiger partial charge in [0.05, 0.1) is 7.11 Å². The fraction of sp³-hybridized carbons (Fsp3) is 0.273. The summed E-state index contributed by atoms with van der Waals surface area (Å²) in [7, 11) is 1.39. The Kier molecular flexibility index (Phi) is 4.44. The van der Waals surface area contributed by atoms with E-state index in [-0.39, 0.29) is 12.0 Å². The lowest BCUT2D eigenvalue weighted by atomic mass is 10.1. The average Bonchev–Trinajstić information content (AvgIpc) is 2.29. The molecule has 0 aliphatic heterocycles. The van der Waals surface area contributed by atoms with Gasteiger partial charge in [0.2, 0.25) is 6.29 Å². The topological polar surface area (TPSA) is 55.4 Å². The molecule has 0 aliphatic rings. The normalized spacial score (nSPS) is 9.62. The van der Waals surface area contributed by atoms with E-state index in [1.165, 1.54) is 19.2 Å². The van der Waals surface area contributed by atoms with Crippen molar-refractivity contribution in [2.24, 2.45) is 0 Å². The van der Waals surface area contributed by atoms with Crippen LogP contribution in [-0.4, -0.2) is 25.8 Å². The number of aldehydes is 1. The number of nitrogens with one attached hydrogen (secondary N) is 1. The van der Waals surface area contributed by atoms with E-state index in [4.69, 9.17) is 4.74 Å². The molecule has 1 N–H and O–H groups in total.